The molecule has 0 aliphatic carbocycles. The number of aliphatic hydroxyl groups excluding tert-OH is 1. The summed E-state index contributed by atoms with van der Waals surface area (Å²) in [7, 11) is 0. The summed E-state index contributed by atoms with van der Waals surface area (Å²) in [5.41, 5.74) is -1.27. The fourth-order valence-electron chi connectivity index (χ4n) is 3.47. The third-order valence-electron chi connectivity index (χ3n) is 4.49. The normalized spacial score (nSPS) is 29.6. The minimum Gasteiger partial charge on any atom is -0.393 e. The molecular weight excluding hydrogens is 337 g/mol. The van der Waals surface area contributed by atoms with E-state index < -0.39 is 11.2 Å². The second kappa shape index (κ2) is 6.34. The Balaban J connectivity index is 0.000000231. The summed E-state index contributed by atoms with van der Waals surface area (Å²) < 4.78 is 3.36. The van der Waals surface area contributed by atoms with Crippen molar-refractivity contribution >= 4 is 29.5 Å². The molecule has 0 aromatic heterocycles. The van der Waals surface area contributed by atoms with Crippen LogP contribution in [0.5, 0.6) is 0 Å². The highest BCUT2D eigenvalue weighted by Gasteiger charge is 2.50. The van der Waals surface area contributed by atoms with Gasteiger partial charge in [-0.2, -0.15) is 4.42 Å². The van der Waals surface area contributed by atoms with Crippen molar-refractivity contribution in [3.63, 3.8) is 0 Å². The van der Waals surface area contributed by atoms with E-state index >= 15 is 0 Å². The van der Waals surface area contributed by atoms with Gasteiger partial charge in [0.05, 0.1) is 6.10 Å². The SMILES string of the molecule is CC1(C)CC(O)CC(C)(C)N1Cl.CC1(C)NC(=O)C(C)(C)N1Cl. The molecule has 2 fully saturated rings. The zero-order valence-electron chi connectivity index (χ0n) is 15.5. The first kappa shape index (κ1) is 21.0. The van der Waals surface area contributed by atoms with Crippen molar-refractivity contribution in [1.29, 1.82) is 0 Å². The van der Waals surface area contributed by atoms with E-state index in [4.69, 9.17) is 23.6 Å². The molecule has 0 bridgehead atoms. The van der Waals surface area contributed by atoms with Gasteiger partial charge in [0.15, 0.2) is 0 Å². The molecule has 7 heteroatoms. The molecule has 0 aromatic rings. The van der Waals surface area contributed by atoms with E-state index in [-0.39, 0.29) is 23.1 Å². The van der Waals surface area contributed by atoms with E-state index in [0.29, 0.717) is 0 Å². The summed E-state index contributed by atoms with van der Waals surface area (Å²) in [6, 6.07) is 0. The molecule has 2 saturated heterocycles. The Labute approximate surface area is 150 Å². The number of piperidine rings is 1. The fourth-order valence-corrected chi connectivity index (χ4v) is 3.73. The Kier molecular flexibility index (Phi) is 5.78. The Morgan fingerprint density at radius 2 is 1.35 bits per heavy atom. The molecule has 2 heterocycles. The van der Waals surface area contributed by atoms with Crippen LogP contribution in [0.2, 0.25) is 0 Å². The molecule has 23 heavy (non-hydrogen) atoms. The van der Waals surface area contributed by atoms with Crippen LogP contribution in [0.15, 0.2) is 0 Å². The number of halogens is 2. The first-order valence-corrected chi connectivity index (χ1v) is 8.64. The van der Waals surface area contributed by atoms with E-state index in [9.17, 15) is 9.90 Å². The van der Waals surface area contributed by atoms with Gasteiger partial charge < -0.3 is 10.4 Å². The maximum Gasteiger partial charge on any atom is 0.242 e. The highest BCUT2D eigenvalue weighted by Crippen LogP contribution is 2.39. The lowest BCUT2D eigenvalue weighted by atomic mass is 9.81. The Hall–Kier alpha value is -0.0700. The number of amides is 1. The van der Waals surface area contributed by atoms with Gasteiger partial charge >= 0.3 is 0 Å². The highest BCUT2D eigenvalue weighted by atomic mass is 35.5. The van der Waals surface area contributed by atoms with Crippen LogP contribution in [0.4, 0.5) is 0 Å². The number of rotatable bonds is 0. The molecule has 5 nitrogen and oxygen atoms in total. The average Bonchev–Trinajstić information content (AvgIpc) is 2.46. The van der Waals surface area contributed by atoms with Crippen molar-refractivity contribution in [2.24, 2.45) is 0 Å². The van der Waals surface area contributed by atoms with Gasteiger partial charge in [-0.3, -0.25) is 4.79 Å². The number of nitrogens with zero attached hydrogens (tertiary/aromatic N) is 2. The molecule has 136 valence electrons. The molecule has 1 amide bonds. The van der Waals surface area contributed by atoms with Crippen LogP contribution in [-0.4, -0.2) is 48.2 Å². The van der Waals surface area contributed by atoms with Gasteiger partial charge in [0.25, 0.3) is 0 Å². The second-order valence-corrected chi connectivity index (χ2v) is 9.50. The fraction of sp³-hybridized carbons (Fsp3) is 0.938. The lowest BCUT2D eigenvalue weighted by Gasteiger charge is -2.50. The quantitative estimate of drug-likeness (QED) is 0.645. The van der Waals surface area contributed by atoms with Crippen LogP contribution in [0, 0.1) is 0 Å². The van der Waals surface area contributed by atoms with Gasteiger partial charge in [0.2, 0.25) is 5.91 Å². The third kappa shape index (κ3) is 4.31. The average molecular weight is 368 g/mol. The summed E-state index contributed by atoms with van der Waals surface area (Å²) in [6.07, 6.45) is 1.28. The zero-order chi connectivity index (χ0) is 18.4. The maximum atomic E-state index is 11.3. The molecule has 0 aromatic carbocycles. The van der Waals surface area contributed by atoms with Crippen molar-refractivity contribution in [1.82, 2.24) is 14.2 Å². The van der Waals surface area contributed by atoms with Crippen LogP contribution in [0.1, 0.15) is 68.2 Å². The van der Waals surface area contributed by atoms with E-state index in [1.165, 1.54) is 4.42 Å². The number of nitrogens with one attached hydrogen (secondary N) is 1. The summed E-state index contributed by atoms with van der Waals surface area (Å²) >= 11 is 12.1. The number of carbonyl (C=O) groups is 1. The van der Waals surface area contributed by atoms with Crippen LogP contribution in [0.25, 0.3) is 0 Å². The van der Waals surface area contributed by atoms with Gasteiger partial charge in [-0.05, 0) is 91.8 Å². The van der Waals surface area contributed by atoms with Crippen LogP contribution < -0.4 is 5.32 Å². The zero-order valence-corrected chi connectivity index (χ0v) is 17.0. The molecule has 2 rings (SSSR count). The molecule has 0 saturated carbocycles. The minimum atomic E-state index is -0.606. The predicted octanol–water partition coefficient (Wildman–Crippen LogP) is 3.24. The number of hydrogen-bond donors (Lipinski definition) is 2. The molecule has 2 N–H and O–H groups in total. The van der Waals surface area contributed by atoms with Gasteiger partial charge in [0.1, 0.15) is 11.2 Å². The first-order chi connectivity index (χ1) is 10.0. The maximum absolute atomic E-state index is 11.3. The third-order valence-corrected chi connectivity index (χ3v) is 6.25. The smallest absolute Gasteiger partial charge is 0.242 e. The number of hydrogen-bond acceptors (Lipinski definition) is 4. The van der Waals surface area contributed by atoms with Crippen molar-refractivity contribution in [3.8, 4) is 0 Å². The summed E-state index contributed by atoms with van der Waals surface area (Å²) in [4.78, 5) is 11.3. The van der Waals surface area contributed by atoms with Gasteiger partial charge in [0, 0.05) is 11.1 Å². The van der Waals surface area contributed by atoms with E-state index in [1.54, 1.807) is 13.8 Å². The highest BCUT2D eigenvalue weighted by molar-refractivity contribution is 6.17. The Morgan fingerprint density at radius 3 is 1.57 bits per heavy atom. The number of carbonyl (C=O) groups excluding carboxylic acids is 1. The van der Waals surface area contributed by atoms with Crippen molar-refractivity contribution < 1.29 is 9.90 Å². The molecule has 0 radical (unpaired) electrons. The number of aliphatic hydroxyl groups is 1. The van der Waals surface area contributed by atoms with Crippen LogP contribution >= 0.6 is 23.6 Å². The summed E-state index contributed by atoms with van der Waals surface area (Å²) in [6.45, 7) is 15.6. The first-order valence-electron chi connectivity index (χ1n) is 7.97. The van der Waals surface area contributed by atoms with Crippen molar-refractivity contribution in [2.45, 2.75) is 96.6 Å². The van der Waals surface area contributed by atoms with Crippen molar-refractivity contribution in [2.75, 3.05) is 0 Å². The topological polar surface area (TPSA) is 55.8 Å². The minimum absolute atomic E-state index is 0.0301. The lowest BCUT2D eigenvalue weighted by Crippen LogP contribution is -2.57. The molecule has 2 aliphatic heterocycles. The molecular formula is C16H31Cl2N3O2. The Morgan fingerprint density at radius 1 is 0.957 bits per heavy atom. The summed E-state index contributed by atoms with van der Waals surface area (Å²) in [5.74, 6) is -0.0301. The molecule has 0 unspecified atom stereocenters. The second-order valence-electron chi connectivity index (χ2n) is 8.82. The van der Waals surface area contributed by atoms with Gasteiger partial charge in [-0.1, -0.05) is 0 Å². The Bertz CT molecular complexity index is 446. The molecule has 2 aliphatic rings. The van der Waals surface area contributed by atoms with E-state index in [1.807, 2.05) is 18.3 Å². The van der Waals surface area contributed by atoms with Crippen LogP contribution in [0.3, 0.4) is 0 Å². The van der Waals surface area contributed by atoms with Crippen molar-refractivity contribution in [3.05, 3.63) is 0 Å². The monoisotopic (exact) mass is 367 g/mol. The van der Waals surface area contributed by atoms with E-state index in [2.05, 4.69) is 33.0 Å². The van der Waals surface area contributed by atoms with Gasteiger partial charge in [-0.15, -0.1) is 0 Å². The van der Waals surface area contributed by atoms with Gasteiger partial charge in [-0.25, -0.2) is 4.42 Å². The lowest BCUT2D eigenvalue weighted by molar-refractivity contribution is -0.124. The molecule has 0 spiro atoms. The van der Waals surface area contributed by atoms with Crippen LogP contribution in [-0.2, 0) is 4.79 Å². The van der Waals surface area contributed by atoms with E-state index in [0.717, 1.165) is 12.8 Å². The largest absolute Gasteiger partial charge is 0.393 e. The predicted molar refractivity (Wildman–Crippen MR) is 95.1 cm³/mol. The molecule has 0 atom stereocenters. The standard InChI is InChI=1S/C9H18ClNO.C7H13ClN2O/c1-8(2)5-7(12)6-9(3,4)11(8)10;1-6(2)5(11)9-7(3,4)10(6)8/h7,12H,5-6H2,1-4H3;1-4H3,(H,9,11). The summed E-state index contributed by atoms with van der Waals surface area (Å²) in [5, 5.41) is 12.4.